The van der Waals surface area contributed by atoms with Crippen LogP contribution < -0.4 is 19.1 Å². The van der Waals surface area contributed by atoms with Crippen molar-refractivity contribution in [2.24, 2.45) is 0 Å². The molecule has 3 heterocycles. The zero-order valence-electron chi connectivity index (χ0n) is 30.1. The first-order chi connectivity index (χ1) is 24.9. The predicted molar refractivity (Wildman–Crippen MR) is 205 cm³/mol. The summed E-state index contributed by atoms with van der Waals surface area (Å²) in [6, 6.07) is 29.1. The highest BCUT2D eigenvalue weighted by Gasteiger charge is 2.42. The van der Waals surface area contributed by atoms with Crippen LogP contribution in [-0.4, -0.2) is 92.4 Å². The molecular formula is C41H47ClFN5O4. The molecule has 0 aliphatic carbocycles. The summed E-state index contributed by atoms with van der Waals surface area (Å²) in [5.74, 6) is 2.09. The first kappa shape index (κ1) is 37.0. The summed E-state index contributed by atoms with van der Waals surface area (Å²) in [5, 5.41) is 0. The van der Waals surface area contributed by atoms with E-state index in [9.17, 15) is 9.18 Å². The van der Waals surface area contributed by atoms with Crippen LogP contribution in [0.4, 0.5) is 10.3 Å². The number of carbonyl (C=O) groups is 1. The van der Waals surface area contributed by atoms with E-state index in [0.29, 0.717) is 42.4 Å². The number of likely N-dealkylation sites (tertiary alicyclic amines) is 1. The van der Waals surface area contributed by atoms with Gasteiger partial charge in [0.05, 0.1) is 38.9 Å². The van der Waals surface area contributed by atoms with Crippen LogP contribution in [0.5, 0.6) is 17.2 Å². The Bertz CT molecular complexity index is 1950. The number of anilines is 1. The molecule has 52 heavy (non-hydrogen) atoms. The lowest BCUT2D eigenvalue weighted by Gasteiger charge is -2.33. The first-order valence-electron chi connectivity index (χ1n) is 17.7. The van der Waals surface area contributed by atoms with Gasteiger partial charge in [0.25, 0.3) is 5.91 Å². The molecule has 2 saturated heterocycles. The lowest BCUT2D eigenvalue weighted by Crippen LogP contribution is -2.39. The average molecular weight is 728 g/mol. The van der Waals surface area contributed by atoms with Crippen molar-refractivity contribution in [3.63, 3.8) is 0 Å². The first-order valence-corrected chi connectivity index (χ1v) is 17.7. The van der Waals surface area contributed by atoms with Crippen molar-refractivity contribution in [3.8, 4) is 17.2 Å². The smallest absolute Gasteiger partial charge is 0.254 e. The maximum Gasteiger partial charge on any atom is 0.254 e. The molecule has 2 fully saturated rings. The van der Waals surface area contributed by atoms with Crippen LogP contribution in [0.15, 0.2) is 91.0 Å². The maximum atomic E-state index is 14.0. The van der Waals surface area contributed by atoms with Crippen LogP contribution >= 0.6 is 12.4 Å². The van der Waals surface area contributed by atoms with E-state index in [0.717, 1.165) is 74.5 Å². The Hall–Kier alpha value is -4.80. The minimum absolute atomic E-state index is 0. The molecule has 4 aromatic carbocycles. The molecule has 0 radical (unpaired) electrons. The molecule has 1 aromatic heterocycles. The number of nitrogens with zero attached hydrogens (tertiary/aromatic N) is 5. The molecule has 5 aromatic rings. The number of amides is 1. The number of ether oxygens (including phenoxy) is 3. The van der Waals surface area contributed by atoms with Crippen molar-refractivity contribution >= 4 is 35.3 Å². The van der Waals surface area contributed by atoms with Crippen molar-refractivity contribution in [3.05, 3.63) is 114 Å². The zero-order chi connectivity index (χ0) is 35.4. The molecular weight excluding hydrogens is 681 g/mol. The summed E-state index contributed by atoms with van der Waals surface area (Å²) in [6.45, 7) is 6.54. The lowest BCUT2D eigenvalue weighted by molar-refractivity contribution is 0.0780. The number of hydrogen-bond acceptors (Lipinski definition) is 7. The standard InChI is InChI=1S/C41H46FN5O4.ClH/c1-49-36-26-31(27-37(50-2)38(36)51-3)39(48)46-23-19-41(29-46,32-10-5-4-6-11-32)18-22-44-20-9-21-45(25-24-44)40-43-34-12-7-8-13-35(34)47(40)28-30-14-16-33(42)17-15-30;/h4-8,10-17,26-27H,9,18-25,28-29H2,1-3H3;1H. The average Bonchev–Trinajstić information content (AvgIpc) is 3.69. The molecule has 9 nitrogen and oxygen atoms in total. The largest absolute Gasteiger partial charge is 0.493 e. The molecule has 7 rings (SSSR count). The van der Waals surface area contributed by atoms with Crippen molar-refractivity contribution in [2.75, 3.05) is 72.0 Å². The number of para-hydroxylation sites is 2. The fraction of sp³-hybridized carbons (Fsp3) is 0.366. The number of imidazole rings is 1. The van der Waals surface area contributed by atoms with Gasteiger partial charge in [-0.15, -0.1) is 12.4 Å². The molecule has 0 saturated carbocycles. The third-order valence-electron chi connectivity index (χ3n) is 10.6. The van der Waals surface area contributed by atoms with Gasteiger partial charge in [0, 0.05) is 43.7 Å². The summed E-state index contributed by atoms with van der Waals surface area (Å²) >= 11 is 0. The van der Waals surface area contributed by atoms with E-state index in [4.69, 9.17) is 19.2 Å². The number of halogens is 2. The van der Waals surface area contributed by atoms with Gasteiger partial charge in [-0.05, 0) is 79.9 Å². The highest BCUT2D eigenvalue weighted by Crippen LogP contribution is 2.41. The van der Waals surface area contributed by atoms with E-state index in [-0.39, 0.29) is 29.5 Å². The van der Waals surface area contributed by atoms with Crippen LogP contribution in [0.25, 0.3) is 11.0 Å². The topological polar surface area (TPSA) is 72.3 Å². The Morgan fingerprint density at radius 2 is 1.54 bits per heavy atom. The number of methoxy groups -OCH3 is 3. The molecule has 2 aliphatic heterocycles. The molecule has 1 amide bonds. The van der Waals surface area contributed by atoms with Crippen LogP contribution in [-0.2, 0) is 12.0 Å². The highest BCUT2D eigenvalue weighted by molar-refractivity contribution is 5.96. The second kappa shape index (κ2) is 16.3. The number of benzene rings is 4. The molecule has 0 bridgehead atoms. The maximum absolute atomic E-state index is 14.0. The molecule has 274 valence electrons. The van der Waals surface area contributed by atoms with E-state index >= 15 is 0 Å². The van der Waals surface area contributed by atoms with Gasteiger partial charge in [-0.2, -0.15) is 0 Å². The summed E-state index contributed by atoms with van der Waals surface area (Å²) in [5.41, 5.74) is 4.72. The van der Waals surface area contributed by atoms with Crippen molar-refractivity contribution in [1.29, 1.82) is 0 Å². The minimum atomic E-state index is -0.230. The monoisotopic (exact) mass is 727 g/mol. The number of aromatic nitrogens is 2. The van der Waals surface area contributed by atoms with E-state index < -0.39 is 0 Å². The predicted octanol–water partition coefficient (Wildman–Crippen LogP) is 7.06. The van der Waals surface area contributed by atoms with Crippen LogP contribution in [0.1, 0.15) is 40.7 Å². The Kier molecular flexibility index (Phi) is 11.6. The lowest BCUT2D eigenvalue weighted by atomic mass is 9.76. The molecule has 2 aliphatic rings. The second-order valence-electron chi connectivity index (χ2n) is 13.6. The normalized spacial score (nSPS) is 17.8. The summed E-state index contributed by atoms with van der Waals surface area (Å²) < 4.78 is 32.5. The van der Waals surface area contributed by atoms with Crippen molar-refractivity contribution in [2.45, 2.75) is 31.2 Å². The van der Waals surface area contributed by atoms with Gasteiger partial charge < -0.3 is 33.5 Å². The molecule has 1 atom stereocenters. The summed E-state index contributed by atoms with van der Waals surface area (Å²) in [6.07, 6.45) is 2.85. The Morgan fingerprint density at radius 3 is 2.25 bits per heavy atom. The number of fused-ring (bicyclic) bond motifs is 1. The Labute approximate surface area is 311 Å². The van der Waals surface area contributed by atoms with E-state index in [1.165, 1.54) is 17.7 Å². The minimum Gasteiger partial charge on any atom is -0.493 e. The van der Waals surface area contributed by atoms with Gasteiger partial charge in [0.1, 0.15) is 5.82 Å². The van der Waals surface area contributed by atoms with Crippen molar-refractivity contribution < 1.29 is 23.4 Å². The van der Waals surface area contributed by atoms with Gasteiger partial charge >= 0.3 is 0 Å². The number of carbonyl (C=O) groups excluding carboxylic acids is 1. The molecule has 0 spiro atoms. The van der Waals surface area contributed by atoms with Gasteiger partial charge in [0.15, 0.2) is 11.5 Å². The summed E-state index contributed by atoms with van der Waals surface area (Å²) in [7, 11) is 4.69. The van der Waals surface area contributed by atoms with Crippen molar-refractivity contribution in [1.82, 2.24) is 19.4 Å². The van der Waals surface area contributed by atoms with Gasteiger partial charge in [-0.1, -0.05) is 54.6 Å². The van der Waals surface area contributed by atoms with Crippen LogP contribution in [0.3, 0.4) is 0 Å². The van der Waals surface area contributed by atoms with Gasteiger partial charge in [-0.25, -0.2) is 9.37 Å². The van der Waals surface area contributed by atoms with Crippen LogP contribution in [0, 0.1) is 5.82 Å². The van der Waals surface area contributed by atoms with E-state index in [1.807, 2.05) is 29.2 Å². The molecule has 0 N–H and O–H groups in total. The fourth-order valence-electron chi connectivity index (χ4n) is 7.81. The number of rotatable bonds is 11. The highest BCUT2D eigenvalue weighted by atomic mass is 35.5. The third-order valence-corrected chi connectivity index (χ3v) is 10.6. The summed E-state index contributed by atoms with van der Waals surface area (Å²) in [4.78, 5) is 26.0. The Balaban J connectivity index is 0.00000464. The third kappa shape index (κ3) is 7.54. The van der Waals surface area contributed by atoms with E-state index in [2.05, 4.69) is 56.8 Å². The zero-order valence-corrected chi connectivity index (χ0v) is 30.9. The van der Waals surface area contributed by atoms with Crippen LogP contribution in [0.2, 0.25) is 0 Å². The molecule has 11 heteroatoms. The van der Waals surface area contributed by atoms with E-state index in [1.54, 1.807) is 33.5 Å². The quantitative estimate of drug-likeness (QED) is 0.144. The number of hydrogen-bond donors (Lipinski definition) is 0. The molecule has 1 unspecified atom stereocenters. The SMILES string of the molecule is COc1cc(C(=O)N2CCC(CCN3CCCN(c4nc5ccccc5n4Cc4ccc(F)cc4)CC3)(c3ccccc3)C2)cc(OC)c1OC.Cl. The van der Waals surface area contributed by atoms with Gasteiger partial charge in [0.2, 0.25) is 11.7 Å². The Morgan fingerprint density at radius 1 is 0.827 bits per heavy atom. The fourth-order valence-corrected chi connectivity index (χ4v) is 7.81. The second-order valence-corrected chi connectivity index (χ2v) is 13.6. The van der Waals surface area contributed by atoms with Gasteiger partial charge in [-0.3, -0.25) is 4.79 Å².